The average molecular weight is 950 g/mol. The van der Waals surface area contributed by atoms with Gasteiger partial charge in [0.05, 0.1) is 25.6 Å². The minimum absolute atomic E-state index is 0.0317. The Kier molecular flexibility index (Phi) is 26.6. The molecule has 0 bridgehead atoms. The first kappa shape index (κ1) is 56.4. The summed E-state index contributed by atoms with van der Waals surface area (Å²) in [6.45, 7) is 4.66. The van der Waals surface area contributed by atoms with Crippen LogP contribution in [-0.4, -0.2) is 170 Å². The topological polar surface area (TPSA) is 365 Å². The number of thiol groups is 2. The normalized spacial score (nSPS) is 15.0. The lowest BCUT2D eigenvalue weighted by Crippen LogP contribution is -2.61. The summed E-state index contributed by atoms with van der Waals surface area (Å²) < 4.78 is 0. The number of hydrogen-bond donors (Lipinski definition) is 15. The van der Waals surface area contributed by atoms with E-state index in [0.29, 0.717) is 11.4 Å². The zero-order chi connectivity index (χ0) is 47.8. The monoisotopic (exact) mass is 949 g/mol. The van der Waals surface area contributed by atoms with Crippen LogP contribution in [0.4, 0.5) is 0 Å². The highest BCUT2D eigenvalue weighted by Crippen LogP contribution is 2.11. The van der Waals surface area contributed by atoms with Crippen LogP contribution in [-0.2, 0) is 49.6 Å². The molecule has 0 aliphatic heterocycles. The summed E-state index contributed by atoms with van der Waals surface area (Å²) >= 11 is 9.47. The van der Waals surface area contributed by atoms with E-state index in [1.165, 1.54) is 24.3 Å². The van der Waals surface area contributed by atoms with Crippen LogP contribution in [0.5, 0.6) is 0 Å². The van der Waals surface area contributed by atoms with E-state index >= 15 is 0 Å². The first-order valence-electron chi connectivity index (χ1n) is 20.0. The first-order chi connectivity index (χ1) is 29.7. The summed E-state index contributed by atoms with van der Waals surface area (Å²) in [5.74, 6) is -8.40. The van der Waals surface area contributed by atoms with E-state index in [0.717, 1.165) is 0 Å². The third-order valence-electron chi connectivity index (χ3n) is 8.93. The van der Waals surface area contributed by atoms with Gasteiger partial charge in [0.25, 0.3) is 0 Å². The Balaban J connectivity index is 3.35. The minimum Gasteiger partial charge on any atom is -0.480 e. The molecule has 63 heavy (non-hydrogen) atoms. The van der Waals surface area contributed by atoms with Crippen LogP contribution in [0, 0.1) is 11.8 Å². The second-order valence-corrected chi connectivity index (χ2v) is 16.9. The molecular formula is C37H63N11O12S3. The SMILES string of the molecule is CSCCC(NC(=O)C(CO)NC(=O)C(N)CS)C(=O)NC(CC(C)C)C(=O)NC(Cc1cnc[nH]1)C(=O)NC(CC(C)C)C(=O)NC(CS)C(=O)NC(CO)C(=O)NCC(=O)O. The van der Waals surface area contributed by atoms with Gasteiger partial charge in [0.1, 0.15) is 48.8 Å². The fourth-order valence-electron chi connectivity index (χ4n) is 5.60. The standard InChI is InChI=1S/C37H63N11O12S3/c1-18(2)8-23(43-32(55)22(6-7-63-5)42-36(59)27(14-50)46-30(53)21(38)15-61)33(56)45-25(10-20-11-39-17-41-20)35(58)44-24(9-19(3)4)34(57)48-28(16-62)37(60)47-26(13-49)31(54)40-12-29(51)52/h11,17-19,21-28,49-50,61-62H,6-10,12-16,38H2,1-5H3,(H,39,41)(H,40,54)(H,42,59)(H,43,55)(H,44,58)(H,45,56)(H,46,53)(H,47,60)(H,48,57)(H,51,52). The molecular weight excluding hydrogens is 887 g/mol. The third kappa shape index (κ3) is 21.1. The summed E-state index contributed by atoms with van der Waals surface area (Å²) in [6.07, 6.45) is 4.64. The van der Waals surface area contributed by atoms with Gasteiger partial charge in [0, 0.05) is 29.8 Å². The number of thioether (sulfide) groups is 1. The lowest BCUT2D eigenvalue weighted by molar-refractivity contribution is -0.139. The highest BCUT2D eigenvalue weighted by Gasteiger charge is 2.35. The molecule has 8 unspecified atom stereocenters. The molecule has 0 fully saturated rings. The van der Waals surface area contributed by atoms with E-state index in [1.54, 1.807) is 34.0 Å². The number of aliphatic carboxylic acids is 1. The van der Waals surface area contributed by atoms with Gasteiger partial charge in [-0.3, -0.25) is 43.2 Å². The second kappa shape index (κ2) is 29.7. The molecule has 26 heteroatoms. The van der Waals surface area contributed by atoms with Crippen molar-refractivity contribution in [3.8, 4) is 0 Å². The fourth-order valence-corrected chi connectivity index (χ4v) is 6.49. The molecule has 8 atom stereocenters. The average Bonchev–Trinajstić information content (AvgIpc) is 3.75. The number of amides is 8. The van der Waals surface area contributed by atoms with Crippen molar-refractivity contribution in [2.45, 2.75) is 102 Å². The number of carboxylic acids is 1. The molecule has 0 aromatic carbocycles. The highest BCUT2D eigenvalue weighted by atomic mass is 32.2. The number of hydrogen-bond acceptors (Lipinski definition) is 16. The Morgan fingerprint density at radius 2 is 1.08 bits per heavy atom. The van der Waals surface area contributed by atoms with Crippen LogP contribution in [0.25, 0.3) is 0 Å². The zero-order valence-corrected chi connectivity index (χ0v) is 38.4. The Labute approximate surface area is 380 Å². The van der Waals surface area contributed by atoms with Crippen molar-refractivity contribution in [2.24, 2.45) is 17.6 Å². The number of nitrogens with two attached hydrogens (primary N) is 1. The molecule has 356 valence electrons. The Morgan fingerprint density at radius 1 is 0.651 bits per heavy atom. The number of H-pyrrole nitrogens is 1. The first-order valence-corrected chi connectivity index (χ1v) is 22.6. The summed E-state index contributed by atoms with van der Waals surface area (Å²) in [6, 6.07) is -10.6. The number of carbonyl (C=O) groups excluding carboxylic acids is 8. The van der Waals surface area contributed by atoms with Crippen molar-refractivity contribution in [1.82, 2.24) is 52.5 Å². The predicted molar refractivity (Wildman–Crippen MR) is 238 cm³/mol. The maximum Gasteiger partial charge on any atom is 0.322 e. The molecule has 0 aliphatic rings. The molecule has 0 aliphatic carbocycles. The minimum atomic E-state index is -1.56. The number of carbonyl (C=O) groups is 9. The quantitative estimate of drug-likeness (QED) is 0.0324. The van der Waals surface area contributed by atoms with Crippen LogP contribution >= 0.6 is 37.0 Å². The summed E-state index contributed by atoms with van der Waals surface area (Å²) in [4.78, 5) is 124. The number of aliphatic hydroxyl groups is 2. The number of carboxylic acid groups (broad SMARTS) is 1. The molecule has 1 aromatic heterocycles. The molecule has 0 saturated heterocycles. The molecule has 1 rings (SSSR count). The maximum atomic E-state index is 14.1. The van der Waals surface area contributed by atoms with Gasteiger partial charge in [0.15, 0.2) is 0 Å². The molecule has 0 saturated carbocycles. The van der Waals surface area contributed by atoms with Gasteiger partial charge in [-0.2, -0.15) is 37.0 Å². The van der Waals surface area contributed by atoms with Crippen molar-refractivity contribution in [2.75, 3.05) is 43.3 Å². The molecule has 8 amide bonds. The lowest BCUT2D eigenvalue weighted by Gasteiger charge is -2.28. The van der Waals surface area contributed by atoms with Crippen LogP contribution in [0.15, 0.2) is 12.5 Å². The van der Waals surface area contributed by atoms with Crippen LogP contribution in [0.2, 0.25) is 0 Å². The van der Waals surface area contributed by atoms with E-state index in [-0.39, 0.29) is 49.0 Å². The predicted octanol–water partition coefficient (Wildman–Crippen LogP) is -4.44. The van der Waals surface area contributed by atoms with Crippen LogP contribution < -0.4 is 48.3 Å². The van der Waals surface area contributed by atoms with Crippen molar-refractivity contribution in [3.63, 3.8) is 0 Å². The smallest absolute Gasteiger partial charge is 0.322 e. The zero-order valence-electron chi connectivity index (χ0n) is 35.8. The fraction of sp³-hybridized carbons (Fsp3) is 0.676. The Bertz CT molecular complexity index is 1680. The number of nitrogens with one attached hydrogen (secondary N) is 9. The third-order valence-corrected chi connectivity index (χ3v) is 10.3. The number of aromatic amines is 1. The maximum absolute atomic E-state index is 14.1. The highest BCUT2D eigenvalue weighted by molar-refractivity contribution is 7.98. The largest absolute Gasteiger partial charge is 0.480 e. The van der Waals surface area contributed by atoms with E-state index < -0.39 is 121 Å². The molecule has 23 nitrogen and oxygen atoms in total. The summed E-state index contributed by atoms with van der Waals surface area (Å²) in [5.41, 5.74) is 6.10. The van der Waals surface area contributed by atoms with Gasteiger partial charge in [-0.25, -0.2) is 4.98 Å². The van der Waals surface area contributed by atoms with Crippen molar-refractivity contribution in [1.29, 1.82) is 0 Å². The van der Waals surface area contributed by atoms with Crippen molar-refractivity contribution >= 4 is 90.2 Å². The molecule has 0 spiro atoms. The van der Waals surface area contributed by atoms with E-state index in [1.807, 2.05) is 5.32 Å². The second-order valence-electron chi connectivity index (χ2n) is 15.2. The number of rotatable bonds is 30. The van der Waals surface area contributed by atoms with E-state index in [2.05, 4.69) is 72.4 Å². The molecule has 1 aromatic rings. The van der Waals surface area contributed by atoms with Gasteiger partial charge < -0.3 is 68.6 Å². The number of aromatic nitrogens is 2. The van der Waals surface area contributed by atoms with Crippen LogP contribution in [0.1, 0.15) is 52.7 Å². The van der Waals surface area contributed by atoms with Crippen molar-refractivity contribution in [3.05, 3.63) is 18.2 Å². The van der Waals surface area contributed by atoms with Crippen LogP contribution in [0.3, 0.4) is 0 Å². The number of aliphatic hydroxyl groups excluding tert-OH is 2. The number of imidazole rings is 1. The van der Waals surface area contributed by atoms with Gasteiger partial charge >= 0.3 is 5.97 Å². The van der Waals surface area contributed by atoms with Gasteiger partial charge in [-0.15, -0.1) is 0 Å². The Morgan fingerprint density at radius 3 is 1.54 bits per heavy atom. The molecule has 0 radical (unpaired) electrons. The van der Waals surface area contributed by atoms with Crippen molar-refractivity contribution < 1.29 is 58.5 Å². The van der Waals surface area contributed by atoms with Gasteiger partial charge in [0.2, 0.25) is 47.3 Å². The van der Waals surface area contributed by atoms with E-state index in [9.17, 15) is 53.4 Å². The molecule has 14 N–H and O–H groups in total. The van der Waals surface area contributed by atoms with Gasteiger partial charge in [-0.05, 0) is 43.1 Å². The van der Waals surface area contributed by atoms with E-state index in [4.69, 9.17) is 10.8 Å². The Hall–Kier alpha value is -4.63. The molecule has 1 heterocycles. The summed E-state index contributed by atoms with van der Waals surface area (Å²) in [5, 5.41) is 47.9. The lowest BCUT2D eigenvalue weighted by atomic mass is 10.00. The summed E-state index contributed by atoms with van der Waals surface area (Å²) in [7, 11) is 0. The van der Waals surface area contributed by atoms with Gasteiger partial charge in [-0.1, -0.05) is 27.7 Å². The number of nitrogens with zero attached hydrogens (tertiary/aromatic N) is 1.